The van der Waals surface area contributed by atoms with Gasteiger partial charge >= 0.3 is 0 Å². The Morgan fingerprint density at radius 3 is 2.50 bits per heavy atom. The van der Waals surface area contributed by atoms with E-state index in [1.807, 2.05) is 24.3 Å². The van der Waals surface area contributed by atoms with Crippen LogP contribution < -0.4 is 14.8 Å². The van der Waals surface area contributed by atoms with Gasteiger partial charge in [-0.1, -0.05) is 18.2 Å². The summed E-state index contributed by atoms with van der Waals surface area (Å²) in [6, 6.07) is 15.5. The molecule has 142 valence electrons. The minimum Gasteiger partial charge on any atom is -0.484 e. The number of amides is 1. The number of pyridine rings is 1. The number of hydrogen-bond acceptors (Lipinski definition) is 4. The van der Waals surface area contributed by atoms with Crippen molar-refractivity contribution < 1.29 is 18.7 Å². The number of carbonyl (C=O) groups is 1. The summed E-state index contributed by atoms with van der Waals surface area (Å²) in [6.45, 7) is 0. The maximum atomic E-state index is 13.3. The van der Waals surface area contributed by atoms with Crippen molar-refractivity contribution in [2.75, 3.05) is 14.2 Å². The van der Waals surface area contributed by atoms with E-state index in [1.165, 1.54) is 12.1 Å². The Balaban J connectivity index is 1.74. The Morgan fingerprint density at radius 2 is 1.86 bits per heavy atom. The molecule has 0 spiro atoms. The van der Waals surface area contributed by atoms with Gasteiger partial charge in [0, 0.05) is 30.4 Å². The molecule has 5 nitrogen and oxygen atoms in total. The first kappa shape index (κ1) is 18.0. The van der Waals surface area contributed by atoms with Crippen LogP contribution in [0.3, 0.4) is 0 Å². The fourth-order valence-electron chi connectivity index (χ4n) is 3.47. The molecule has 1 aliphatic rings. The van der Waals surface area contributed by atoms with Gasteiger partial charge < -0.3 is 14.8 Å². The molecule has 1 N–H and O–H groups in total. The fraction of sp³-hybridized carbons (Fsp3) is 0.182. The van der Waals surface area contributed by atoms with Crippen LogP contribution in [0.25, 0.3) is 11.1 Å². The first-order chi connectivity index (χ1) is 13.6. The lowest BCUT2D eigenvalue weighted by atomic mass is 9.89. The zero-order chi connectivity index (χ0) is 19.7. The average molecular weight is 378 g/mol. The molecule has 28 heavy (non-hydrogen) atoms. The molecule has 1 aliphatic heterocycles. The van der Waals surface area contributed by atoms with E-state index in [4.69, 9.17) is 9.47 Å². The number of aromatic nitrogens is 1. The van der Waals surface area contributed by atoms with Gasteiger partial charge in [0.1, 0.15) is 23.6 Å². The second-order valence-corrected chi connectivity index (χ2v) is 6.52. The molecule has 2 atom stereocenters. The Bertz CT molecular complexity index is 1000. The number of hydrogen-bond donors (Lipinski definition) is 1. The summed E-state index contributed by atoms with van der Waals surface area (Å²) in [4.78, 5) is 16.9. The SMILES string of the molecule is CNC(=O)C1c2cc(-c3ccc(OC)nc3)ccc2OC1c1ccc(F)cc1. The quantitative estimate of drug-likeness (QED) is 0.749. The van der Waals surface area contributed by atoms with Crippen molar-refractivity contribution in [3.63, 3.8) is 0 Å². The molecule has 2 aromatic carbocycles. The number of halogens is 1. The molecule has 0 radical (unpaired) electrons. The minimum atomic E-state index is -0.531. The highest BCUT2D eigenvalue weighted by atomic mass is 19.1. The lowest BCUT2D eigenvalue weighted by molar-refractivity contribution is -0.123. The van der Waals surface area contributed by atoms with Crippen LogP contribution in [0.2, 0.25) is 0 Å². The number of fused-ring (bicyclic) bond motifs is 1. The van der Waals surface area contributed by atoms with E-state index in [2.05, 4.69) is 10.3 Å². The van der Waals surface area contributed by atoms with Crippen molar-refractivity contribution in [1.82, 2.24) is 10.3 Å². The van der Waals surface area contributed by atoms with Crippen molar-refractivity contribution in [3.8, 4) is 22.8 Å². The van der Waals surface area contributed by atoms with E-state index in [9.17, 15) is 9.18 Å². The van der Waals surface area contributed by atoms with Crippen molar-refractivity contribution in [1.29, 1.82) is 0 Å². The first-order valence-corrected chi connectivity index (χ1v) is 8.89. The van der Waals surface area contributed by atoms with E-state index in [0.717, 1.165) is 22.3 Å². The highest BCUT2D eigenvalue weighted by Crippen LogP contribution is 2.47. The Morgan fingerprint density at radius 1 is 1.11 bits per heavy atom. The van der Waals surface area contributed by atoms with Gasteiger partial charge in [-0.2, -0.15) is 0 Å². The zero-order valence-corrected chi connectivity index (χ0v) is 15.5. The summed E-state index contributed by atoms with van der Waals surface area (Å²) in [5, 5.41) is 2.71. The van der Waals surface area contributed by atoms with Crippen LogP contribution in [0.4, 0.5) is 4.39 Å². The number of likely N-dealkylation sites (N-methyl/N-ethyl adjacent to an activating group) is 1. The third-order valence-electron chi connectivity index (χ3n) is 4.91. The van der Waals surface area contributed by atoms with E-state index in [-0.39, 0.29) is 11.7 Å². The molecule has 0 saturated carbocycles. The second-order valence-electron chi connectivity index (χ2n) is 6.52. The molecule has 0 saturated heterocycles. The molecular weight excluding hydrogens is 359 g/mol. The summed E-state index contributed by atoms with van der Waals surface area (Å²) >= 11 is 0. The van der Waals surface area contributed by atoms with E-state index >= 15 is 0 Å². The number of methoxy groups -OCH3 is 1. The van der Waals surface area contributed by atoms with Gasteiger partial charge in [-0.05, 0) is 41.5 Å². The van der Waals surface area contributed by atoms with Crippen LogP contribution in [0.5, 0.6) is 11.6 Å². The van der Waals surface area contributed by atoms with E-state index in [1.54, 1.807) is 38.6 Å². The smallest absolute Gasteiger partial charge is 0.231 e. The number of nitrogens with zero attached hydrogens (tertiary/aromatic N) is 1. The van der Waals surface area contributed by atoms with E-state index in [0.29, 0.717) is 11.6 Å². The predicted octanol–water partition coefficient (Wildman–Crippen LogP) is 3.86. The van der Waals surface area contributed by atoms with E-state index < -0.39 is 12.0 Å². The largest absolute Gasteiger partial charge is 0.484 e. The molecule has 0 aliphatic carbocycles. The molecule has 4 rings (SSSR count). The number of ether oxygens (including phenoxy) is 2. The third kappa shape index (κ3) is 3.17. The second kappa shape index (κ2) is 7.31. The summed E-state index contributed by atoms with van der Waals surface area (Å²) in [6.07, 6.45) is 1.21. The molecule has 2 heterocycles. The Hall–Kier alpha value is -3.41. The summed E-state index contributed by atoms with van der Waals surface area (Å²) in [5.41, 5.74) is 3.37. The van der Waals surface area contributed by atoms with Gasteiger partial charge in [0.25, 0.3) is 0 Å². The number of rotatable bonds is 4. The van der Waals surface area contributed by atoms with Crippen LogP contribution in [0, 0.1) is 5.82 Å². The summed E-state index contributed by atoms with van der Waals surface area (Å²) in [5.74, 6) is 0.167. The maximum absolute atomic E-state index is 13.3. The fourth-order valence-corrected chi connectivity index (χ4v) is 3.47. The number of nitrogens with one attached hydrogen (secondary N) is 1. The maximum Gasteiger partial charge on any atom is 0.231 e. The molecular formula is C22H19FN2O3. The summed E-state index contributed by atoms with van der Waals surface area (Å²) < 4.78 is 24.5. The predicted molar refractivity (Wildman–Crippen MR) is 103 cm³/mol. The van der Waals surface area contributed by atoms with Crippen LogP contribution in [-0.2, 0) is 4.79 Å². The third-order valence-corrected chi connectivity index (χ3v) is 4.91. The van der Waals surface area contributed by atoms with Gasteiger partial charge in [-0.25, -0.2) is 9.37 Å². The highest BCUT2D eigenvalue weighted by Gasteiger charge is 2.40. The molecule has 3 aromatic rings. The van der Waals surface area contributed by atoms with Gasteiger partial charge in [0.15, 0.2) is 0 Å². The average Bonchev–Trinajstić information content (AvgIpc) is 3.12. The van der Waals surface area contributed by atoms with Gasteiger partial charge in [-0.15, -0.1) is 0 Å². The Labute approximate surface area is 162 Å². The molecule has 2 unspecified atom stereocenters. The van der Waals surface area contributed by atoms with Crippen LogP contribution >= 0.6 is 0 Å². The number of benzene rings is 2. The lowest BCUT2D eigenvalue weighted by Crippen LogP contribution is -2.28. The van der Waals surface area contributed by atoms with Gasteiger partial charge in [-0.3, -0.25) is 4.79 Å². The van der Waals surface area contributed by atoms with Crippen LogP contribution in [-0.4, -0.2) is 25.0 Å². The van der Waals surface area contributed by atoms with Crippen molar-refractivity contribution in [3.05, 3.63) is 77.7 Å². The monoisotopic (exact) mass is 378 g/mol. The first-order valence-electron chi connectivity index (χ1n) is 8.89. The van der Waals surface area contributed by atoms with Crippen molar-refractivity contribution >= 4 is 5.91 Å². The standard InChI is InChI=1S/C22H19FN2O3/c1-24-22(26)20-17-11-14(15-6-10-19(27-2)25-12-15)5-9-18(17)28-21(20)13-3-7-16(23)8-4-13/h3-12,20-21H,1-2H3,(H,24,26). The van der Waals surface area contributed by atoms with Gasteiger partial charge in [0.2, 0.25) is 11.8 Å². The Kier molecular flexibility index (Phi) is 4.69. The van der Waals surface area contributed by atoms with Crippen LogP contribution in [0.1, 0.15) is 23.1 Å². The highest BCUT2D eigenvalue weighted by molar-refractivity contribution is 5.87. The normalized spacial score (nSPS) is 17.5. The molecule has 6 heteroatoms. The lowest BCUT2D eigenvalue weighted by Gasteiger charge is -2.18. The molecule has 0 bridgehead atoms. The zero-order valence-electron chi connectivity index (χ0n) is 15.5. The molecule has 1 aromatic heterocycles. The minimum absolute atomic E-state index is 0.155. The van der Waals surface area contributed by atoms with Crippen LogP contribution in [0.15, 0.2) is 60.8 Å². The van der Waals surface area contributed by atoms with Crippen molar-refractivity contribution in [2.45, 2.75) is 12.0 Å². The topological polar surface area (TPSA) is 60.5 Å². The van der Waals surface area contributed by atoms with Crippen molar-refractivity contribution in [2.24, 2.45) is 0 Å². The van der Waals surface area contributed by atoms with Gasteiger partial charge in [0.05, 0.1) is 7.11 Å². The number of carbonyl (C=O) groups excluding carboxylic acids is 1. The molecule has 1 amide bonds. The molecule has 0 fully saturated rings. The summed E-state index contributed by atoms with van der Waals surface area (Å²) in [7, 11) is 3.16.